The monoisotopic (exact) mass is 271 g/mol. The Hall–Kier alpha value is -2.76. The topological polar surface area (TPSA) is 86.5 Å². The van der Waals surface area contributed by atoms with E-state index >= 15 is 0 Å². The molecule has 1 aromatic heterocycles. The van der Waals surface area contributed by atoms with Crippen LogP contribution in [0.1, 0.15) is 16.1 Å². The molecule has 6 nitrogen and oxygen atoms in total. The molecular weight excluding hydrogens is 258 g/mol. The number of pyridine rings is 1. The fourth-order valence-corrected chi connectivity index (χ4v) is 1.89. The van der Waals surface area contributed by atoms with Gasteiger partial charge in [-0.2, -0.15) is 0 Å². The second-order valence-electron chi connectivity index (χ2n) is 4.44. The minimum Gasteiger partial charge on any atom is -0.454 e. The van der Waals surface area contributed by atoms with E-state index in [0.29, 0.717) is 28.4 Å². The summed E-state index contributed by atoms with van der Waals surface area (Å²) >= 11 is 0. The lowest BCUT2D eigenvalue weighted by atomic mass is 10.1. The Morgan fingerprint density at radius 2 is 2.05 bits per heavy atom. The lowest BCUT2D eigenvalue weighted by molar-refractivity contribution is 0.102. The van der Waals surface area contributed by atoms with Gasteiger partial charge in [-0.25, -0.2) is 0 Å². The van der Waals surface area contributed by atoms with Crippen molar-refractivity contribution in [2.75, 3.05) is 17.8 Å². The third kappa shape index (κ3) is 2.23. The quantitative estimate of drug-likeness (QED) is 0.815. The second-order valence-corrected chi connectivity index (χ2v) is 4.44. The van der Waals surface area contributed by atoms with Gasteiger partial charge in [0.2, 0.25) is 6.79 Å². The van der Waals surface area contributed by atoms with Gasteiger partial charge in [0.15, 0.2) is 11.5 Å². The number of aryl methyl sites for hydroxylation is 1. The van der Waals surface area contributed by atoms with Crippen molar-refractivity contribution in [1.29, 1.82) is 0 Å². The molecular formula is C14H13N3O3. The third-order valence-corrected chi connectivity index (χ3v) is 2.96. The number of amides is 1. The fourth-order valence-electron chi connectivity index (χ4n) is 1.89. The van der Waals surface area contributed by atoms with E-state index in [1.165, 1.54) is 0 Å². The highest BCUT2D eigenvalue weighted by molar-refractivity contribution is 6.08. The van der Waals surface area contributed by atoms with E-state index in [4.69, 9.17) is 15.2 Å². The van der Waals surface area contributed by atoms with E-state index in [0.717, 1.165) is 5.69 Å². The normalized spacial score (nSPS) is 12.2. The SMILES string of the molecule is Cc1ccc(NC(=O)c2cc3c(cc2N)OCO3)cn1. The minimum atomic E-state index is -0.313. The van der Waals surface area contributed by atoms with Gasteiger partial charge in [0.05, 0.1) is 17.4 Å². The van der Waals surface area contributed by atoms with E-state index in [9.17, 15) is 4.79 Å². The van der Waals surface area contributed by atoms with Crippen LogP contribution in [-0.4, -0.2) is 17.7 Å². The van der Waals surface area contributed by atoms with Gasteiger partial charge < -0.3 is 20.5 Å². The molecule has 0 radical (unpaired) electrons. The number of nitrogens with one attached hydrogen (secondary N) is 1. The van der Waals surface area contributed by atoms with Crippen molar-refractivity contribution in [1.82, 2.24) is 4.98 Å². The summed E-state index contributed by atoms with van der Waals surface area (Å²) in [7, 11) is 0. The summed E-state index contributed by atoms with van der Waals surface area (Å²) in [6.07, 6.45) is 1.59. The van der Waals surface area contributed by atoms with Crippen molar-refractivity contribution >= 4 is 17.3 Å². The number of aromatic nitrogens is 1. The maximum Gasteiger partial charge on any atom is 0.257 e. The molecule has 102 valence electrons. The number of benzene rings is 1. The van der Waals surface area contributed by atoms with E-state index in [1.807, 2.05) is 13.0 Å². The van der Waals surface area contributed by atoms with Gasteiger partial charge in [-0.05, 0) is 25.1 Å². The van der Waals surface area contributed by atoms with E-state index < -0.39 is 0 Å². The summed E-state index contributed by atoms with van der Waals surface area (Å²) in [6.45, 7) is 2.02. The van der Waals surface area contributed by atoms with Gasteiger partial charge in [0.1, 0.15) is 0 Å². The maximum absolute atomic E-state index is 12.2. The lowest BCUT2D eigenvalue weighted by Gasteiger charge is -2.08. The van der Waals surface area contributed by atoms with Gasteiger partial charge >= 0.3 is 0 Å². The Kier molecular flexibility index (Phi) is 2.90. The molecule has 20 heavy (non-hydrogen) atoms. The standard InChI is InChI=1S/C14H13N3O3/c1-8-2-3-9(6-16-8)17-14(18)10-4-12-13(5-11(10)15)20-7-19-12/h2-6H,7,15H2,1H3,(H,17,18). The molecule has 3 N–H and O–H groups in total. The van der Waals surface area contributed by atoms with Gasteiger partial charge in [-0.3, -0.25) is 9.78 Å². The summed E-state index contributed by atoms with van der Waals surface area (Å²) in [4.78, 5) is 16.3. The number of anilines is 2. The van der Waals surface area contributed by atoms with Crippen LogP contribution in [0.25, 0.3) is 0 Å². The average molecular weight is 271 g/mol. The first-order valence-corrected chi connectivity index (χ1v) is 6.06. The molecule has 3 rings (SSSR count). The number of hydrogen-bond acceptors (Lipinski definition) is 5. The molecule has 0 spiro atoms. The highest BCUT2D eigenvalue weighted by Crippen LogP contribution is 2.36. The molecule has 0 saturated heterocycles. The highest BCUT2D eigenvalue weighted by Gasteiger charge is 2.19. The van der Waals surface area contributed by atoms with E-state index in [2.05, 4.69) is 10.3 Å². The van der Waals surface area contributed by atoms with Gasteiger partial charge in [0.25, 0.3) is 5.91 Å². The van der Waals surface area contributed by atoms with Crippen LogP contribution in [0.2, 0.25) is 0 Å². The van der Waals surface area contributed by atoms with E-state index in [1.54, 1.807) is 24.4 Å². The molecule has 2 aromatic rings. The zero-order chi connectivity index (χ0) is 14.1. The molecule has 2 heterocycles. The molecule has 1 aliphatic rings. The zero-order valence-electron chi connectivity index (χ0n) is 10.8. The predicted molar refractivity (Wildman–Crippen MR) is 73.9 cm³/mol. The Bertz CT molecular complexity index is 668. The maximum atomic E-state index is 12.2. The van der Waals surface area contributed by atoms with Crippen LogP contribution in [0.3, 0.4) is 0 Å². The number of fused-ring (bicyclic) bond motifs is 1. The van der Waals surface area contributed by atoms with Crippen molar-refractivity contribution in [3.8, 4) is 11.5 Å². The smallest absolute Gasteiger partial charge is 0.257 e. The second kappa shape index (κ2) is 4.73. The number of hydrogen-bond donors (Lipinski definition) is 2. The van der Waals surface area contributed by atoms with Gasteiger partial charge in [-0.15, -0.1) is 0 Å². The van der Waals surface area contributed by atoms with Gasteiger partial charge in [0, 0.05) is 17.4 Å². The summed E-state index contributed by atoms with van der Waals surface area (Å²) < 4.78 is 10.4. The summed E-state index contributed by atoms with van der Waals surface area (Å²) in [5, 5.41) is 2.74. The number of nitrogen functional groups attached to an aromatic ring is 1. The van der Waals surface area contributed by atoms with Crippen LogP contribution in [-0.2, 0) is 0 Å². The van der Waals surface area contributed by atoms with Crippen LogP contribution in [0.15, 0.2) is 30.5 Å². The van der Waals surface area contributed by atoms with Crippen molar-refractivity contribution in [2.24, 2.45) is 0 Å². The van der Waals surface area contributed by atoms with Crippen LogP contribution in [0, 0.1) is 6.92 Å². The number of ether oxygens (including phenoxy) is 2. The van der Waals surface area contributed by atoms with Crippen molar-refractivity contribution < 1.29 is 14.3 Å². The largest absolute Gasteiger partial charge is 0.454 e. The molecule has 1 aliphatic heterocycles. The molecule has 1 amide bonds. The first-order valence-electron chi connectivity index (χ1n) is 6.06. The van der Waals surface area contributed by atoms with Crippen LogP contribution in [0.5, 0.6) is 11.5 Å². The highest BCUT2D eigenvalue weighted by atomic mass is 16.7. The van der Waals surface area contributed by atoms with Crippen molar-refractivity contribution in [2.45, 2.75) is 6.92 Å². The molecule has 0 unspecified atom stereocenters. The number of carbonyl (C=O) groups excluding carboxylic acids is 1. The summed E-state index contributed by atoms with van der Waals surface area (Å²) in [5.41, 5.74) is 8.03. The van der Waals surface area contributed by atoms with Crippen molar-refractivity contribution in [3.63, 3.8) is 0 Å². The number of nitrogens with zero attached hydrogens (tertiary/aromatic N) is 1. The average Bonchev–Trinajstić information content (AvgIpc) is 2.87. The summed E-state index contributed by atoms with van der Waals surface area (Å²) in [6, 6.07) is 6.77. The molecule has 6 heteroatoms. The first-order chi connectivity index (χ1) is 9.63. The predicted octanol–water partition coefficient (Wildman–Crippen LogP) is 1.95. The van der Waals surface area contributed by atoms with E-state index in [-0.39, 0.29) is 12.7 Å². The molecule has 0 saturated carbocycles. The zero-order valence-corrected chi connectivity index (χ0v) is 10.8. The molecule has 0 atom stereocenters. The lowest BCUT2D eigenvalue weighted by Crippen LogP contribution is -2.14. The molecule has 0 aliphatic carbocycles. The minimum absolute atomic E-state index is 0.141. The Morgan fingerprint density at radius 1 is 1.30 bits per heavy atom. The Balaban J connectivity index is 1.85. The number of carbonyl (C=O) groups is 1. The number of nitrogens with two attached hydrogens (primary N) is 1. The Morgan fingerprint density at radius 3 is 2.75 bits per heavy atom. The Labute approximate surface area is 115 Å². The first kappa shape index (κ1) is 12.3. The third-order valence-electron chi connectivity index (χ3n) is 2.96. The molecule has 1 aromatic carbocycles. The fraction of sp³-hybridized carbons (Fsp3) is 0.143. The van der Waals surface area contributed by atoms with Crippen LogP contribution in [0.4, 0.5) is 11.4 Å². The number of rotatable bonds is 2. The molecule has 0 bridgehead atoms. The summed E-state index contributed by atoms with van der Waals surface area (Å²) in [5.74, 6) is 0.758. The molecule has 0 fully saturated rings. The van der Waals surface area contributed by atoms with Crippen molar-refractivity contribution in [3.05, 3.63) is 41.7 Å². The van der Waals surface area contributed by atoms with Crippen LogP contribution < -0.4 is 20.5 Å². The van der Waals surface area contributed by atoms with Gasteiger partial charge in [-0.1, -0.05) is 0 Å². The van der Waals surface area contributed by atoms with Crippen LogP contribution >= 0.6 is 0 Å².